The number of amides is 2. The SMILES string of the molecule is CCCC(=O)Nc1cccc(NC(=O)C2(n3cccn3)CCNCC2)c1C.Cl. The predicted octanol–water partition coefficient (Wildman–Crippen LogP) is 3.07. The minimum atomic E-state index is -0.706. The second kappa shape index (κ2) is 9.71. The van der Waals surface area contributed by atoms with E-state index in [4.69, 9.17) is 0 Å². The highest BCUT2D eigenvalue weighted by Crippen LogP contribution is 2.30. The number of nitrogens with one attached hydrogen (secondary N) is 3. The largest absolute Gasteiger partial charge is 0.326 e. The number of carbonyl (C=O) groups excluding carboxylic acids is 2. The number of nitrogens with zero attached hydrogens (tertiary/aromatic N) is 2. The number of carbonyl (C=O) groups is 2. The van der Waals surface area contributed by atoms with Gasteiger partial charge in [0.1, 0.15) is 5.54 Å². The lowest BCUT2D eigenvalue weighted by Crippen LogP contribution is -2.52. The van der Waals surface area contributed by atoms with E-state index < -0.39 is 5.54 Å². The van der Waals surface area contributed by atoms with E-state index >= 15 is 0 Å². The van der Waals surface area contributed by atoms with Gasteiger partial charge in [0.25, 0.3) is 5.91 Å². The Balaban J connectivity index is 0.00000280. The van der Waals surface area contributed by atoms with Gasteiger partial charge in [-0.15, -0.1) is 12.4 Å². The second-order valence-corrected chi connectivity index (χ2v) is 6.96. The van der Waals surface area contributed by atoms with Gasteiger partial charge in [-0.3, -0.25) is 14.3 Å². The highest BCUT2D eigenvalue weighted by Gasteiger charge is 2.42. The van der Waals surface area contributed by atoms with E-state index in [9.17, 15) is 9.59 Å². The van der Waals surface area contributed by atoms with Crippen LogP contribution in [0.5, 0.6) is 0 Å². The van der Waals surface area contributed by atoms with Crippen LogP contribution in [0, 0.1) is 6.92 Å². The third-order valence-electron chi connectivity index (χ3n) is 5.13. The summed E-state index contributed by atoms with van der Waals surface area (Å²) in [6.07, 6.45) is 6.16. The molecular formula is C20H28ClN5O2. The standard InChI is InChI=1S/C20H27N5O2.ClH/c1-3-6-18(26)23-16-7-4-8-17(15(16)2)24-19(27)20(9-12-21-13-10-20)25-14-5-11-22-25;/h4-5,7-8,11,14,21H,3,6,9-10,12-13H2,1-2H3,(H,23,26)(H,24,27);1H. The molecule has 3 rings (SSSR count). The Labute approximate surface area is 171 Å². The van der Waals surface area contributed by atoms with Gasteiger partial charge in [0.05, 0.1) is 0 Å². The first-order valence-corrected chi connectivity index (χ1v) is 9.48. The zero-order chi connectivity index (χ0) is 19.3. The lowest BCUT2D eigenvalue weighted by Gasteiger charge is -2.36. The van der Waals surface area contributed by atoms with E-state index in [1.807, 2.05) is 44.3 Å². The summed E-state index contributed by atoms with van der Waals surface area (Å²) in [6, 6.07) is 7.40. The van der Waals surface area contributed by atoms with Crippen LogP contribution in [0.3, 0.4) is 0 Å². The number of hydrogen-bond acceptors (Lipinski definition) is 4. The van der Waals surface area contributed by atoms with Gasteiger partial charge in [0, 0.05) is 30.2 Å². The highest BCUT2D eigenvalue weighted by molar-refractivity contribution is 5.99. The minimum Gasteiger partial charge on any atom is -0.326 e. The van der Waals surface area contributed by atoms with E-state index in [2.05, 4.69) is 21.0 Å². The summed E-state index contributed by atoms with van der Waals surface area (Å²) in [7, 11) is 0. The summed E-state index contributed by atoms with van der Waals surface area (Å²) in [6.45, 7) is 5.40. The Bertz CT molecular complexity index is 801. The molecule has 0 bridgehead atoms. The first-order valence-electron chi connectivity index (χ1n) is 9.48. The molecule has 152 valence electrons. The maximum atomic E-state index is 13.3. The van der Waals surface area contributed by atoms with Crippen LogP contribution in [-0.4, -0.2) is 34.7 Å². The van der Waals surface area contributed by atoms with Crippen molar-refractivity contribution in [3.8, 4) is 0 Å². The molecule has 0 radical (unpaired) electrons. The van der Waals surface area contributed by atoms with Crippen LogP contribution in [0.1, 0.15) is 38.2 Å². The molecule has 0 aliphatic carbocycles. The summed E-state index contributed by atoms with van der Waals surface area (Å²) in [5.74, 6) is -0.0942. The maximum absolute atomic E-state index is 13.3. The molecule has 1 aromatic carbocycles. The summed E-state index contributed by atoms with van der Waals surface area (Å²) in [5, 5.41) is 13.7. The molecular weight excluding hydrogens is 378 g/mol. The Morgan fingerprint density at radius 3 is 2.46 bits per heavy atom. The second-order valence-electron chi connectivity index (χ2n) is 6.96. The number of benzene rings is 1. The Hall–Kier alpha value is -2.38. The van der Waals surface area contributed by atoms with E-state index in [0.29, 0.717) is 24.9 Å². The molecule has 3 N–H and O–H groups in total. The molecule has 0 saturated carbocycles. The molecule has 1 aromatic heterocycles. The Morgan fingerprint density at radius 2 is 1.86 bits per heavy atom. The smallest absolute Gasteiger partial charge is 0.252 e. The van der Waals surface area contributed by atoms with Crippen molar-refractivity contribution in [3.63, 3.8) is 0 Å². The molecule has 0 atom stereocenters. The van der Waals surface area contributed by atoms with Crippen LogP contribution in [0.2, 0.25) is 0 Å². The fourth-order valence-corrected chi connectivity index (χ4v) is 3.51. The molecule has 2 heterocycles. The molecule has 0 unspecified atom stereocenters. The molecule has 1 saturated heterocycles. The molecule has 7 nitrogen and oxygen atoms in total. The lowest BCUT2D eigenvalue weighted by molar-refractivity contribution is -0.126. The van der Waals surface area contributed by atoms with Gasteiger partial charge in [0.2, 0.25) is 5.91 Å². The predicted molar refractivity (Wildman–Crippen MR) is 113 cm³/mol. The van der Waals surface area contributed by atoms with Gasteiger partial charge in [-0.1, -0.05) is 13.0 Å². The monoisotopic (exact) mass is 405 g/mol. The van der Waals surface area contributed by atoms with Crippen LogP contribution in [0.15, 0.2) is 36.7 Å². The van der Waals surface area contributed by atoms with Gasteiger partial charge in [-0.2, -0.15) is 5.10 Å². The number of rotatable bonds is 6. The third-order valence-corrected chi connectivity index (χ3v) is 5.13. The van der Waals surface area contributed by atoms with Crippen molar-refractivity contribution in [2.24, 2.45) is 0 Å². The number of anilines is 2. The minimum absolute atomic E-state index is 0. The van der Waals surface area contributed by atoms with Gasteiger partial charge in [0.15, 0.2) is 0 Å². The number of halogens is 1. The van der Waals surface area contributed by atoms with Crippen molar-refractivity contribution in [3.05, 3.63) is 42.2 Å². The van der Waals surface area contributed by atoms with E-state index in [1.165, 1.54) is 0 Å². The lowest BCUT2D eigenvalue weighted by atomic mass is 9.87. The fraction of sp³-hybridized carbons (Fsp3) is 0.450. The van der Waals surface area contributed by atoms with Crippen molar-refractivity contribution in [1.29, 1.82) is 0 Å². The number of aromatic nitrogens is 2. The molecule has 28 heavy (non-hydrogen) atoms. The average molecular weight is 406 g/mol. The molecule has 2 amide bonds. The summed E-state index contributed by atoms with van der Waals surface area (Å²) in [5.41, 5.74) is 1.58. The van der Waals surface area contributed by atoms with Crippen molar-refractivity contribution in [2.75, 3.05) is 23.7 Å². The molecule has 1 aliphatic heterocycles. The Morgan fingerprint density at radius 1 is 1.18 bits per heavy atom. The normalized spacial score (nSPS) is 15.4. The van der Waals surface area contributed by atoms with Gasteiger partial charge in [-0.05, 0) is 63.0 Å². The maximum Gasteiger partial charge on any atom is 0.252 e. The number of piperidine rings is 1. The molecule has 2 aromatic rings. The summed E-state index contributed by atoms with van der Waals surface area (Å²) in [4.78, 5) is 25.2. The summed E-state index contributed by atoms with van der Waals surface area (Å²) < 4.78 is 1.77. The fourth-order valence-electron chi connectivity index (χ4n) is 3.51. The molecule has 1 fully saturated rings. The van der Waals surface area contributed by atoms with Gasteiger partial charge in [-0.25, -0.2) is 0 Å². The van der Waals surface area contributed by atoms with Crippen molar-refractivity contribution < 1.29 is 9.59 Å². The number of hydrogen-bond donors (Lipinski definition) is 3. The van der Waals surface area contributed by atoms with Crippen LogP contribution in [0.4, 0.5) is 11.4 Å². The van der Waals surface area contributed by atoms with Crippen molar-refractivity contribution in [2.45, 2.75) is 45.1 Å². The van der Waals surface area contributed by atoms with Crippen LogP contribution < -0.4 is 16.0 Å². The third kappa shape index (κ3) is 4.54. The quantitative estimate of drug-likeness (QED) is 0.689. The summed E-state index contributed by atoms with van der Waals surface area (Å²) >= 11 is 0. The molecule has 8 heteroatoms. The van der Waals surface area contributed by atoms with Crippen molar-refractivity contribution in [1.82, 2.24) is 15.1 Å². The first-order chi connectivity index (χ1) is 13.1. The van der Waals surface area contributed by atoms with E-state index in [-0.39, 0.29) is 24.2 Å². The van der Waals surface area contributed by atoms with E-state index in [1.54, 1.807) is 10.9 Å². The highest BCUT2D eigenvalue weighted by atomic mass is 35.5. The average Bonchev–Trinajstić information content (AvgIpc) is 3.21. The first kappa shape index (κ1) is 21.9. The van der Waals surface area contributed by atoms with Crippen LogP contribution in [0.25, 0.3) is 0 Å². The van der Waals surface area contributed by atoms with Crippen LogP contribution in [-0.2, 0) is 15.1 Å². The van der Waals surface area contributed by atoms with Crippen LogP contribution >= 0.6 is 12.4 Å². The Kier molecular flexibility index (Phi) is 7.60. The van der Waals surface area contributed by atoms with E-state index in [0.717, 1.165) is 30.8 Å². The van der Waals surface area contributed by atoms with Gasteiger partial charge < -0.3 is 16.0 Å². The van der Waals surface area contributed by atoms with Gasteiger partial charge >= 0.3 is 0 Å². The molecule has 0 spiro atoms. The topological polar surface area (TPSA) is 88.1 Å². The van der Waals surface area contributed by atoms with Crippen molar-refractivity contribution >= 4 is 35.6 Å². The zero-order valence-corrected chi connectivity index (χ0v) is 17.1. The zero-order valence-electron chi connectivity index (χ0n) is 16.3. The molecule has 1 aliphatic rings.